The van der Waals surface area contributed by atoms with Gasteiger partial charge < -0.3 is 4.90 Å². The van der Waals surface area contributed by atoms with Crippen molar-refractivity contribution in [2.75, 3.05) is 20.1 Å². The highest BCUT2D eigenvalue weighted by atomic mass is 35.5. The normalized spacial score (nSPS) is 19.9. The van der Waals surface area contributed by atoms with E-state index in [0.717, 1.165) is 29.5 Å². The second kappa shape index (κ2) is 9.08. The second-order valence-corrected chi connectivity index (χ2v) is 7.55. The van der Waals surface area contributed by atoms with E-state index in [1.807, 2.05) is 48.5 Å². The largest absolute Gasteiger partial charge is 0.306 e. The molecule has 1 unspecified atom stereocenters. The van der Waals surface area contributed by atoms with Crippen LogP contribution in [0.25, 0.3) is 10.8 Å². The van der Waals surface area contributed by atoms with Gasteiger partial charge in [-0.3, -0.25) is 4.79 Å². The van der Waals surface area contributed by atoms with Crippen LogP contribution < -0.4 is 5.56 Å². The van der Waals surface area contributed by atoms with Gasteiger partial charge in [0.1, 0.15) is 0 Å². The van der Waals surface area contributed by atoms with E-state index in [1.54, 1.807) is 4.68 Å². The van der Waals surface area contributed by atoms with Crippen LogP contribution in [-0.2, 0) is 6.42 Å². The molecule has 1 aliphatic rings. The molecule has 28 heavy (non-hydrogen) atoms. The highest BCUT2D eigenvalue weighted by molar-refractivity contribution is 6.30. The highest BCUT2D eigenvalue weighted by Gasteiger charge is 2.21. The predicted octanol–water partition coefficient (Wildman–Crippen LogP) is 4.72. The summed E-state index contributed by atoms with van der Waals surface area (Å²) in [5.41, 5.74) is 1.79. The van der Waals surface area contributed by atoms with Crippen LogP contribution >= 0.6 is 24.0 Å². The van der Waals surface area contributed by atoms with E-state index in [-0.39, 0.29) is 24.0 Å². The third-order valence-corrected chi connectivity index (χ3v) is 5.49. The number of hydrogen-bond donors (Lipinski definition) is 0. The van der Waals surface area contributed by atoms with Gasteiger partial charge in [0.25, 0.3) is 5.56 Å². The zero-order valence-corrected chi connectivity index (χ0v) is 17.0. The molecule has 4 nitrogen and oxygen atoms in total. The van der Waals surface area contributed by atoms with Crippen molar-refractivity contribution in [1.82, 2.24) is 14.7 Å². The molecule has 148 valence electrons. The lowest BCUT2D eigenvalue weighted by Crippen LogP contribution is -2.29. The summed E-state index contributed by atoms with van der Waals surface area (Å²) in [4.78, 5) is 14.7. The average molecular weight is 422 g/mol. The maximum absolute atomic E-state index is 13.2. The van der Waals surface area contributed by atoms with Gasteiger partial charge in [0.05, 0.1) is 17.1 Å². The minimum Gasteiger partial charge on any atom is -0.306 e. The van der Waals surface area contributed by atoms with Gasteiger partial charge in [0, 0.05) is 20.9 Å². The number of likely N-dealkylation sites (tertiary alicyclic amines) is 1. The number of hydrogen-bond acceptors (Lipinski definition) is 3. The Hall–Kier alpha value is -1.88. The molecule has 3 aromatic rings. The van der Waals surface area contributed by atoms with Gasteiger partial charge in [-0.15, -0.1) is 12.4 Å². The Bertz CT molecular complexity index is 1100. The van der Waals surface area contributed by atoms with Crippen LogP contribution in [0.5, 0.6) is 0 Å². The summed E-state index contributed by atoms with van der Waals surface area (Å²) in [6.07, 6.45) is 2.63. The molecule has 6 heteroatoms. The molecule has 0 saturated carbocycles. The lowest BCUT2D eigenvalue weighted by Gasteiger charge is -2.19. The van der Waals surface area contributed by atoms with Gasteiger partial charge in [0.15, 0.2) is 0 Å². The quantitative estimate of drug-likeness (QED) is 0.574. The standard InChI is InChI=1S/C22H24ClN3O.ClH/c1-25-13-4-5-18(12-14-25)26-22(27)20-7-3-2-6-19(20)21(24-26)15-16-8-10-17(23)11-9-16;/h2-3,6-11,18H,4-5,12-15H2,1H3;1H/i1+1D3;. The molecule has 4 rings (SSSR count). The Morgan fingerprint density at radius 3 is 2.61 bits per heavy atom. The van der Waals surface area contributed by atoms with E-state index >= 15 is 0 Å². The summed E-state index contributed by atoms with van der Waals surface area (Å²) in [5.74, 6) is 0. The smallest absolute Gasteiger partial charge is 0.274 e. The SMILES string of the molecule is Cl.[2H][13C]([2H])([2H])N1CCCC(n2nc(Cc3ccc(Cl)cc3)c3ccccc3c2=O)CC1. The summed E-state index contributed by atoms with van der Waals surface area (Å²) < 4.78 is 24.6. The molecule has 2 aromatic carbocycles. The molecule has 0 amide bonds. The third kappa shape index (κ3) is 4.40. The Kier molecular flexibility index (Phi) is 5.52. The molecule has 0 aliphatic carbocycles. The average Bonchev–Trinajstić information content (AvgIpc) is 2.98. The predicted molar refractivity (Wildman–Crippen MR) is 118 cm³/mol. The number of nitrogens with zero attached hydrogens (tertiary/aromatic N) is 3. The van der Waals surface area contributed by atoms with E-state index in [4.69, 9.17) is 20.8 Å². The van der Waals surface area contributed by atoms with Gasteiger partial charge in [-0.2, -0.15) is 5.10 Å². The topological polar surface area (TPSA) is 38.1 Å². The molecule has 2 heterocycles. The highest BCUT2D eigenvalue weighted by Crippen LogP contribution is 2.23. The fourth-order valence-corrected chi connectivity index (χ4v) is 3.90. The minimum absolute atomic E-state index is 0. The summed E-state index contributed by atoms with van der Waals surface area (Å²) in [5, 5.41) is 6.96. The Morgan fingerprint density at radius 2 is 1.86 bits per heavy atom. The van der Waals surface area contributed by atoms with Crippen LogP contribution in [-0.4, -0.2) is 34.7 Å². The van der Waals surface area contributed by atoms with Crippen molar-refractivity contribution in [3.05, 3.63) is 75.2 Å². The maximum Gasteiger partial charge on any atom is 0.274 e. The zero-order chi connectivity index (χ0) is 21.3. The van der Waals surface area contributed by atoms with E-state index in [9.17, 15) is 4.79 Å². The molecule has 0 spiro atoms. The number of aromatic nitrogens is 2. The third-order valence-electron chi connectivity index (χ3n) is 5.23. The first-order chi connectivity index (χ1) is 14.3. The van der Waals surface area contributed by atoms with Crippen molar-refractivity contribution >= 4 is 34.8 Å². The second-order valence-electron chi connectivity index (χ2n) is 7.12. The number of rotatable bonds is 3. The molecule has 0 radical (unpaired) electrons. The van der Waals surface area contributed by atoms with Crippen molar-refractivity contribution in [1.29, 1.82) is 0 Å². The minimum atomic E-state index is -2.10. The molecule has 1 aromatic heterocycles. The van der Waals surface area contributed by atoms with E-state index in [2.05, 4.69) is 0 Å². The van der Waals surface area contributed by atoms with Crippen LogP contribution in [0, 0.1) is 0 Å². The van der Waals surface area contributed by atoms with Crippen LogP contribution in [0.15, 0.2) is 53.3 Å². The lowest BCUT2D eigenvalue weighted by molar-refractivity contribution is 0.334. The Labute approximate surface area is 180 Å². The first-order valence-electron chi connectivity index (χ1n) is 10.8. The van der Waals surface area contributed by atoms with Crippen LogP contribution in [0.4, 0.5) is 0 Å². The fraction of sp³-hybridized carbons (Fsp3) is 0.364. The lowest BCUT2D eigenvalue weighted by atomic mass is 10.0. The molecule has 1 aliphatic heterocycles. The van der Waals surface area contributed by atoms with Gasteiger partial charge in [-0.25, -0.2) is 4.68 Å². The van der Waals surface area contributed by atoms with Crippen molar-refractivity contribution in [3.8, 4) is 0 Å². The molecular weight excluding hydrogens is 394 g/mol. The molecule has 0 N–H and O–H groups in total. The summed E-state index contributed by atoms with van der Waals surface area (Å²) >= 11 is 6.01. The van der Waals surface area contributed by atoms with Gasteiger partial charge in [0.2, 0.25) is 0 Å². The molecule has 1 atom stereocenters. The van der Waals surface area contributed by atoms with E-state index < -0.39 is 6.98 Å². The van der Waals surface area contributed by atoms with Crippen molar-refractivity contribution in [3.63, 3.8) is 0 Å². The number of halogens is 2. The molecule has 1 fully saturated rings. The first kappa shape index (κ1) is 17.0. The zero-order valence-electron chi connectivity index (χ0n) is 18.5. The van der Waals surface area contributed by atoms with Crippen LogP contribution in [0.1, 0.15) is 40.7 Å². The molecule has 1 saturated heterocycles. The van der Waals surface area contributed by atoms with E-state index in [0.29, 0.717) is 36.3 Å². The van der Waals surface area contributed by atoms with Crippen LogP contribution in [0.2, 0.25) is 5.02 Å². The Balaban J connectivity index is 0.00000272. The van der Waals surface area contributed by atoms with Crippen molar-refractivity contribution in [2.45, 2.75) is 31.7 Å². The van der Waals surface area contributed by atoms with Crippen molar-refractivity contribution < 1.29 is 4.11 Å². The summed E-state index contributed by atoms with van der Waals surface area (Å²) in [6.45, 7) is -1.17. The van der Waals surface area contributed by atoms with Gasteiger partial charge >= 0.3 is 0 Å². The number of benzene rings is 2. The first-order valence-corrected chi connectivity index (χ1v) is 9.70. The van der Waals surface area contributed by atoms with Gasteiger partial charge in [-0.05, 0) is 63.1 Å². The maximum atomic E-state index is 13.2. The molecular formula is C22H25Cl2N3O. The number of fused-ring (bicyclic) bond motifs is 1. The molecule has 0 bridgehead atoms. The van der Waals surface area contributed by atoms with Crippen molar-refractivity contribution in [2.24, 2.45) is 0 Å². The van der Waals surface area contributed by atoms with Crippen LogP contribution in [0.3, 0.4) is 0 Å². The van der Waals surface area contributed by atoms with Gasteiger partial charge in [-0.1, -0.05) is 41.9 Å². The fourth-order valence-electron chi connectivity index (χ4n) is 3.77. The van der Waals surface area contributed by atoms with E-state index in [1.165, 1.54) is 4.90 Å². The Morgan fingerprint density at radius 1 is 1.11 bits per heavy atom. The monoisotopic (exact) mass is 421 g/mol. The summed E-state index contributed by atoms with van der Waals surface area (Å²) in [6, 6.07) is 15.1. The summed E-state index contributed by atoms with van der Waals surface area (Å²) in [7, 11) is 0.